The summed E-state index contributed by atoms with van der Waals surface area (Å²) in [6.45, 7) is 6.86. The van der Waals surface area contributed by atoms with E-state index in [1.807, 2.05) is 19.2 Å². The molecule has 0 fully saturated rings. The number of hydrogen-bond donors (Lipinski definition) is 3. The molecular formula is C18H16Cl2N6O4. The molecule has 0 radical (unpaired) electrons. The van der Waals surface area contributed by atoms with Gasteiger partial charge in [-0.1, -0.05) is 43.6 Å². The number of hydrogen-bond acceptors (Lipinski definition) is 7. The zero-order valence-corrected chi connectivity index (χ0v) is 17.3. The normalized spacial score (nSPS) is 10.3. The van der Waals surface area contributed by atoms with E-state index >= 15 is 0 Å². The maximum Gasteiger partial charge on any atom is 0.343 e. The zero-order valence-electron chi connectivity index (χ0n) is 15.8. The number of H-pyrrole nitrogens is 1. The average Bonchev–Trinajstić information content (AvgIpc) is 2.69. The molecule has 1 heterocycles. The van der Waals surface area contributed by atoms with Gasteiger partial charge in [-0.2, -0.15) is 5.26 Å². The Hall–Kier alpha value is -3.39. The van der Waals surface area contributed by atoms with E-state index in [9.17, 15) is 14.4 Å². The second-order valence-electron chi connectivity index (χ2n) is 6.21. The minimum Gasteiger partial charge on any atom is -0.434 e. The number of nitrogens with one attached hydrogen (secondary N) is 2. The van der Waals surface area contributed by atoms with Gasteiger partial charge in [0, 0.05) is 11.6 Å². The third kappa shape index (κ3) is 5.15. The van der Waals surface area contributed by atoms with Gasteiger partial charge in [0.05, 0.1) is 15.7 Å². The minimum atomic E-state index is -1.04. The lowest BCUT2D eigenvalue weighted by molar-refractivity contribution is -0.116. The number of ether oxygens (including phenoxy) is 1. The Morgan fingerprint density at radius 3 is 2.47 bits per heavy atom. The fourth-order valence-corrected chi connectivity index (χ4v) is 2.72. The van der Waals surface area contributed by atoms with Crippen LogP contribution in [-0.4, -0.2) is 22.1 Å². The SMILES string of the molecule is C=C(C#N)C(=O)NC(=O)N(N)c1cc(Cl)c(Oc2cc(C(C)C)c(=O)[nH]n2)c(Cl)c1. The number of urea groups is 1. The number of halogens is 2. The van der Waals surface area contributed by atoms with Crippen molar-refractivity contribution in [3.05, 3.63) is 56.3 Å². The van der Waals surface area contributed by atoms with Crippen LogP contribution in [0.4, 0.5) is 10.5 Å². The molecule has 0 bridgehead atoms. The Morgan fingerprint density at radius 1 is 1.33 bits per heavy atom. The summed E-state index contributed by atoms with van der Waals surface area (Å²) in [6.07, 6.45) is 0. The molecule has 2 aromatic rings. The average molecular weight is 451 g/mol. The van der Waals surface area contributed by atoms with E-state index < -0.39 is 17.5 Å². The van der Waals surface area contributed by atoms with Crippen molar-refractivity contribution in [2.45, 2.75) is 19.8 Å². The first kappa shape index (κ1) is 22.9. The second-order valence-corrected chi connectivity index (χ2v) is 7.02. The molecule has 0 unspecified atom stereocenters. The van der Waals surface area contributed by atoms with Crippen LogP contribution in [-0.2, 0) is 4.79 Å². The van der Waals surface area contributed by atoms with Crippen LogP contribution in [0.1, 0.15) is 25.3 Å². The van der Waals surface area contributed by atoms with Crippen LogP contribution in [0, 0.1) is 11.3 Å². The molecule has 0 saturated heterocycles. The molecule has 0 aliphatic rings. The van der Waals surface area contributed by atoms with Crippen LogP contribution in [0.5, 0.6) is 11.6 Å². The second kappa shape index (κ2) is 9.41. The first-order chi connectivity index (χ1) is 14.0. The number of aromatic amines is 1. The number of imide groups is 1. The van der Waals surface area contributed by atoms with E-state index in [1.54, 1.807) is 0 Å². The number of anilines is 1. The van der Waals surface area contributed by atoms with E-state index in [0.717, 1.165) is 0 Å². The van der Waals surface area contributed by atoms with Crippen molar-refractivity contribution in [1.82, 2.24) is 15.5 Å². The molecule has 10 nitrogen and oxygen atoms in total. The first-order valence-electron chi connectivity index (χ1n) is 8.30. The lowest BCUT2D eigenvalue weighted by Gasteiger charge is -2.18. The topological polar surface area (TPSA) is 154 Å². The van der Waals surface area contributed by atoms with Crippen LogP contribution in [0.25, 0.3) is 0 Å². The number of rotatable bonds is 5. The fraction of sp³-hybridized carbons (Fsp3) is 0.167. The Balaban J connectivity index is 2.27. The monoisotopic (exact) mass is 450 g/mol. The maximum atomic E-state index is 12.1. The Bertz CT molecular complexity index is 1100. The fourth-order valence-electron chi connectivity index (χ4n) is 2.17. The van der Waals surface area contributed by atoms with Crippen LogP contribution < -0.4 is 26.5 Å². The lowest BCUT2D eigenvalue weighted by atomic mass is 10.1. The molecule has 1 aromatic heterocycles. The molecule has 0 aliphatic carbocycles. The first-order valence-corrected chi connectivity index (χ1v) is 9.06. The van der Waals surface area contributed by atoms with E-state index in [1.165, 1.54) is 24.3 Å². The molecule has 0 saturated carbocycles. The molecule has 30 heavy (non-hydrogen) atoms. The molecule has 0 spiro atoms. The maximum absolute atomic E-state index is 12.1. The third-order valence-corrected chi connectivity index (χ3v) is 4.31. The van der Waals surface area contributed by atoms with E-state index in [-0.39, 0.29) is 38.8 Å². The predicted molar refractivity (Wildman–Crippen MR) is 110 cm³/mol. The molecule has 2 rings (SSSR count). The number of aromatic nitrogens is 2. The van der Waals surface area contributed by atoms with Gasteiger partial charge in [-0.3, -0.25) is 14.9 Å². The van der Waals surface area contributed by atoms with Crippen molar-refractivity contribution < 1.29 is 14.3 Å². The summed E-state index contributed by atoms with van der Waals surface area (Å²) in [5, 5.41) is 17.2. The molecule has 12 heteroatoms. The minimum absolute atomic E-state index is 0.0130. The number of amides is 3. The Labute approximate surface area is 180 Å². The number of benzene rings is 1. The molecular weight excluding hydrogens is 435 g/mol. The summed E-state index contributed by atoms with van der Waals surface area (Å²) in [7, 11) is 0. The molecule has 156 valence electrons. The van der Waals surface area contributed by atoms with Crippen LogP contribution in [0.2, 0.25) is 10.0 Å². The van der Waals surface area contributed by atoms with E-state index in [2.05, 4.69) is 16.8 Å². The summed E-state index contributed by atoms with van der Waals surface area (Å²) in [5.41, 5.74) is -0.325. The Kier molecular flexibility index (Phi) is 7.18. The van der Waals surface area contributed by atoms with Crippen LogP contribution in [0.15, 0.2) is 35.1 Å². The standard InChI is InChI=1S/C18H16Cl2N6O4/c1-8(2)11-6-14(24-25-17(11)28)30-15-12(19)4-10(5-13(15)20)26(22)18(29)23-16(27)9(3)7-21/h4-6,8H,3,22H2,1-2H3,(H,25,28)(H,23,27,29). The number of nitrogens with zero attached hydrogens (tertiary/aromatic N) is 3. The summed E-state index contributed by atoms with van der Waals surface area (Å²) >= 11 is 12.4. The highest BCUT2D eigenvalue weighted by Gasteiger charge is 2.20. The van der Waals surface area contributed by atoms with Crippen LogP contribution >= 0.6 is 23.2 Å². The highest BCUT2D eigenvalue weighted by molar-refractivity contribution is 6.37. The number of nitrogens with two attached hydrogens (primary N) is 1. The van der Waals surface area contributed by atoms with Gasteiger partial charge < -0.3 is 4.74 Å². The number of hydrazine groups is 1. The van der Waals surface area contributed by atoms with Gasteiger partial charge in [-0.15, -0.1) is 5.10 Å². The number of carbonyl (C=O) groups excluding carboxylic acids is 2. The molecule has 1 aromatic carbocycles. The highest BCUT2D eigenvalue weighted by Crippen LogP contribution is 2.39. The van der Waals surface area contributed by atoms with E-state index in [0.29, 0.717) is 10.6 Å². The molecule has 3 amide bonds. The summed E-state index contributed by atoms with van der Waals surface area (Å²) in [5.74, 6) is 4.68. The van der Waals surface area contributed by atoms with Crippen molar-refractivity contribution in [3.8, 4) is 17.7 Å². The van der Waals surface area contributed by atoms with Crippen molar-refractivity contribution in [3.63, 3.8) is 0 Å². The molecule has 0 atom stereocenters. The molecule has 4 N–H and O–H groups in total. The number of nitriles is 1. The van der Waals surface area contributed by atoms with Gasteiger partial charge >= 0.3 is 6.03 Å². The summed E-state index contributed by atoms with van der Waals surface area (Å²) in [4.78, 5) is 35.4. The van der Waals surface area contributed by atoms with Crippen molar-refractivity contribution >= 4 is 40.8 Å². The van der Waals surface area contributed by atoms with Crippen molar-refractivity contribution in [2.75, 3.05) is 5.01 Å². The number of carbonyl (C=O) groups is 2. The van der Waals surface area contributed by atoms with Gasteiger partial charge in [-0.05, 0) is 18.1 Å². The highest BCUT2D eigenvalue weighted by atomic mass is 35.5. The zero-order chi connectivity index (χ0) is 22.6. The van der Waals surface area contributed by atoms with Gasteiger partial charge in [0.1, 0.15) is 11.6 Å². The molecule has 0 aliphatic heterocycles. The van der Waals surface area contributed by atoms with Gasteiger partial charge in [0.2, 0.25) is 5.88 Å². The van der Waals surface area contributed by atoms with Crippen molar-refractivity contribution in [2.24, 2.45) is 5.84 Å². The van der Waals surface area contributed by atoms with Gasteiger partial charge in [0.25, 0.3) is 11.5 Å². The smallest absolute Gasteiger partial charge is 0.343 e. The van der Waals surface area contributed by atoms with Gasteiger partial charge in [0.15, 0.2) is 5.75 Å². The quantitative estimate of drug-likeness (QED) is 0.208. The largest absolute Gasteiger partial charge is 0.434 e. The summed E-state index contributed by atoms with van der Waals surface area (Å²) < 4.78 is 5.58. The lowest BCUT2D eigenvalue weighted by Crippen LogP contribution is -2.47. The third-order valence-electron chi connectivity index (χ3n) is 3.75. The van der Waals surface area contributed by atoms with Crippen molar-refractivity contribution in [1.29, 1.82) is 5.26 Å². The van der Waals surface area contributed by atoms with Crippen LogP contribution in [0.3, 0.4) is 0 Å². The Morgan fingerprint density at radius 2 is 1.93 bits per heavy atom. The summed E-state index contributed by atoms with van der Waals surface area (Å²) in [6, 6.07) is 4.45. The van der Waals surface area contributed by atoms with Gasteiger partial charge in [-0.25, -0.2) is 20.7 Å². The predicted octanol–water partition coefficient (Wildman–Crippen LogP) is 2.99. The van der Waals surface area contributed by atoms with E-state index in [4.69, 9.17) is 39.0 Å².